The van der Waals surface area contributed by atoms with Crippen LogP contribution in [0.1, 0.15) is 44.7 Å². The SMILES string of the molecule is C[C@H](NC(=O)OCC1c2ccccc2-c2ccccc21)C(=O)N1[C@H](C(=O)O)[C@H](C)OC1(C)C. The van der Waals surface area contributed by atoms with E-state index in [4.69, 9.17) is 9.47 Å². The van der Waals surface area contributed by atoms with Crippen LogP contribution >= 0.6 is 0 Å². The second kappa shape index (κ2) is 8.51. The Morgan fingerprint density at radius 3 is 2.18 bits per heavy atom. The summed E-state index contributed by atoms with van der Waals surface area (Å²) in [6.45, 7) is 6.49. The fourth-order valence-corrected chi connectivity index (χ4v) is 4.92. The smallest absolute Gasteiger partial charge is 0.407 e. The van der Waals surface area contributed by atoms with Crippen molar-refractivity contribution in [1.29, 1.82) is 0 Å². The van der Waals surface area contributed by atoms with Gasteiger partial charge in [-0.1, -0.05) is 48.5 Å². The van der Waals surface area contributed by atoms with Gasteiger partial charge in [0.15, 0.2) is 6.04 Å². The molecule has 33 heavy (non-hydrogen) atoms. The van der Waals surface area contributed by atoms with Gasteiger partial charge in [-0.15, -0.1) is 0 Å². The summed E-state index contributed by atoms with van der Waals surface area (Å²) in [5.41, 5.74) is 3.30. The molecule has 2 aliphatic rings. The van der Waals surface area contributed by atoms with Crippen molar-refractivity contribution in [3.8, 4) is 11.1 Å². The highest BCUT2D eigenvalue weighted by Crippen LogP contribution is 2.44. The van der Waals surface area contributed by atoms with Crippen molar-refractivity contribution in [1.82, 2.24) is 10.2 Å². The zero-order chi connectivity index (χ0) is 23.9. The highest BCUT2D eigenvalue weighted by atomic mass is 16.6. The molecule has 4 rings (SSSR count). The standard InChI is InChI=1S/C25H28N2O6/c1-14(22(28)27-21(23(29)30)15(2)33-25(27,3)4)26-24(31)32-13-20-18-11-7-5-9-16(18)17-10-6-8-12-19(17)20/h5-12,14-15,20-21H,13H2,1-4H3,(H,26,31)(H,29,30)/t14-,15-,21-/m0/s1. The number of amides is 2. The van der Waals surface area contributed by atoms with E-state index >= 15 is 0 Å². The van der Waals surface area contributed by atoms with Gasteiger partial charge in [-0.05, 0) is 49.9 Å². The molecular weight excluding hydrogens is 424 g/mol. The molecule has 0 saturated carbocycles. The van der Waals surface area contributed by atoms with Gasteiger partial charge in [0.2, 0.25) is 5.91 Å². The maximum Gasteiger partial charge on any atom is 0.407 e. The number of ether oxygens (including phenoxy) is 2. The van der Waals surface area contributed by atoms with Crippen molar-refractivity contribution in [2.45, 2.75) is 57.5 Å². The lowest BCUT2D eigenvalue weighted by Gasteiger charge is -2.34. The van der Waals surface area contributed by atoms with E-state index < -0.39 is 41.9 Å². The van der Waals surface area contributed by atoms with Crippen molar-refractivity contribution in [3.63, 3.8) is 0 Å². The fraction of sp³-hybridized carbons (Fsp3) is 0.400. The summed E-state index contributed by atoms with van der Waals surface area (Å²) < 4.78 is 11.2. The molecule has 0 bridgehead atoms. The summed E-state index contributed by atoms with van der Waals surface area (Å²) in [4.78, 5) is 38.5. The Labute approximate surface area is 192 Å². The van der Waals surface area contributed by atoms with Crippen LogP contribution in [0.4, 0.5) is 4.79 Å². The number of carbonyl (C=O) groups is 3. The summed E-state index contributed by atoms with van der Waals surface area (Å²) in [7, 11) is 0. The molecular formula is C25H28N2O6. The highest BCUT2D eigenvalue weighted by molar-refractivity contribution is 5.90. The van der Waals surface area contributed by atoms with Gasteiger partial charge in [-0.25, -0.2) is 9.59 Å². The molecule has 3 atom stereocenters. The maximum absolute atomic E-state index is 13.1. The number of nitrogens with zero attached hydrogens (tertiary/aromatic N) is 1. The minimum atomic E-state index is -1.16. The van der Waals surface area contributed by atoms with E-state index in [-0.39, 0.29) is 12.5 Å². The molecule has 8 heteroatoms. The third kappa shape index (κ3) is 4.06. The lowest BCUT2D eigenvalue weighted by Crippen LogP contribution is -2.57. The van der Waals surface area contributed by atoms with E-state index in [1.54, 1.807) is 20.8 Å². The van der Waals surface area contributed by atoms with Gasteiger partial charge in [-0.3, -0.25) is 9.69 Å². The number of alkyl carbamates (subject to hydrolysis) is 1. The number of carboxylic acid groups (broad SMARTS) is 1. The molecule has 0 unspecified atom stereocenters. The van der Waals surface area contributed by atoms with Gasteiger partial charge in [0.25, 0.3) is 0 Å². The molecule has 1 saturated heterocycles. The number of nitrogens with one attached hydrogen (secondary N) is 1. The second-order valence-electron chi connectivity index (χ2n) is 8.95. The van der Waals surface area contributed by atoms with Crippen LogP contribution in [0.2, 0.25) is 0 Å². The number of rotatable bonds is 5. The molecule has 1 heterocycles. The topological polar surface area (TPSA) is 105 Å². The highest BCUT2D eigenvalue weighted by Gasteiger charge is 2.52. The Hall–Kier alpha value is -3.39. The summed E-state index contributed by atoms with van der Waals surface area (Å²) in [6.07, 6.45) is -1.42. The number of hydrogen-bond acceptors (Lipinski definition) is 5. The number of carboxylic acids is 1. The van der Waals surface area contributed by atoms with Crippen molar-refractivity contribution in [2.24, 2.45) is 0 Å². The molecule has 1 aliphatic carbocycles. The van der Waals surface area contributed by atoms with E-state index in [9.17, 15) is 19.5 Å². The summed E-state index contributed by atoms with van der Waals surface area (Å²) in [5, 5.41) is 12.1. The van der Waals surface area contributed by atoms with Crippen molar-refractivity contribution in [3.05, 3.63) is 59.7 Å². The van der Waals surface area contributed by atoms with Gasteiger partial charge >= 0.3 is 12.1 Å². The predicted octanol–water partition coefficient (Wildman–Crippen LogP) is 3.35. The molecule has 2 amide bonds. The van der Waals surface area contributed by atoms with E-state index in [0.29, 0.717) is 0 Å². The summed E-state index contributed by atoms with van der Waals surface area (Å²) >= 11 is 0. The van der Waals surface area contributed by atoms with Crippen molar-refractivity contribution in [2.75, 3.05) is 6.61 Å². The van der Waals surface area contributed by atoms with Crippen LogP contribution in [0, 0.1) is 0 Å². The average Bonchev–Trinajstić information content (AvgIpc) is 3.21. The normalized spacial score (nSPS) is 21.8. The molecule has 2 aromatic rings. The molecule has 0 radical (unpaired) electrons. The first kappa shape index (κ1) is 22.8. The summed E-state index contributed by atoms with van der Waals surface area (Å²) in [6, 6.07) is 13.9. The number of aliphatic carboxylic acids is 1. The second-order valence-corrected chi connectivity index (χ2v) is 8.95. The number of fused-ring (bicyclic) bond motifs is 3. The predicted molar refractivity (Wildman–Crippen MR) is 121 cm³/mol. The van der Waals surface area contributed by atoms with E-state index in [1.165, 1.54) is 11.8 Å². The van der Waals surface area contributed by atoms with Crippen LogP contribution in [-0.2, 0) is 19.1 Å². The van der Waals surface area contributed by atoms with Crippen LogP contribution in [0.5, 0.6) is 0 Å². The molecule has 0 spiro atoms. The molecule has 1 aliphatic heterocycles. The van der Waals surface area contributed by atoms with Crippen molar-refractivity contribution >= 4 is 18.0 Å². The number of benzene rings is 2. The lowest BCUT2D eigenvalue weighted by atomic mass is 9.98. The number of carbonyl (C=O) groups excluding carboxylic acids is 2. The minimum absolute atomic E-state index is 0.0997. The Bertz CT molecular complexity index is 1050. The molecule has 8 nitrogen and oxygen atoms in total. The third-order valence-electron chi connectivity index (χ3n) is 6.32. The van der Waals surface area contributed by atoms with Crippen LogP contribution in [0.15, 0.2) is 48.5 Å². The first-order chi connectivity index (χ1) is 15.6. The van der Waals surface area contributed by atoms with Gasteiger partial charge in [0.05, 0.1) is 6.10 Å². The average molecular weight is 453 g/mol. The van der Waals surface area contributed by atoms with Gasteiger partial charge in [0, 0.05) is 5.92 Å². The zero-order valence-electron chi connectivity index (χ0n) is 19.1. The monoisotopic (exact) mass is 452 g/mol. The minimum Gasteiger partial charge on any atom is -0.480 e. The molecule has 174 valence electrons. The quantitative estimate of drug-likeness (QED) is 0.721. The largest absolute Gasteiger partial charge is 0.480 e. The molecule has 2 aromatic carbocycles. The molecule has 2 N–H and O–H groups in total. The van der Waals surface area contributed by atoms with Crippen LogP contribution in [0.3, 0.4) is 0 Å². The zero-order valence-corrected chi connectivity index (χ0v) is 19.1. The lowest BCUT2D eigenvalue weighted by molar-refractivity contribution is -0.156. The Kier molecular flexibility index (Phi) is 5.88. The Morgan fingerprint density at radius 2 is 1.64 bits per heavy atom. The van der Waals surface area contributed by atoms with E-state index in [1.807, 2.05) is 36.4 Å². The fourth-order valence-electron chi connectivity index (χ4n) is 4.92. The van der Waals surface area contributed by atoms with Gasteiger partial charge in [0.1, 0.15) is 18.4 Å². The summed E-state index contributed by atoms with van der Waals surface area (Å²) in [5.74, 6) is -1.81. The third-order valence-corrected chi connectivity index (χ3v) is 6.32. The Morgan fingerprint density at radius 1 is 1.09 bits per heavy atom. The van der Waals surface area contributed by atoms with Gasteiger partial charge in [-0.2, -0.15) is 0 Å². The first-order valence-electron chi connectivity index (χ1n) is 11.0. The van der Waals surface area contributed by atoms with E-state index in [0.717, 1.165) is 22.3 Å². The molecule has 1 fully saturated rings. The van der Waals surface area contributed by atoms with Crippen LogP contribution < -0.4 is 5.32 Å². The Balaban J connectivity index is 1.42. The van der Waals surface area contributed by atoms with Gasteiger partial charge < -0.3 is 19.9 Å². The van der Waals surface area contributed by atoms with Crippen LogP contribution in [-0.4, -0.2) is 58.5 Å². The molecule has 0 aromatic heterocycles. The first-order valence-corrected chi connectivity index (χ1v) is 11.0. The van der Waals surface area contributed by atoms with Crippen LogP contribution in [0.25, 0.3) is 11.1 Å². The van der Waals surface area contributed by atoms with Crippen molar-refractivity contribution < 1.29 is 29.0 Å². The maximum atomic E-state index is 13.1. The van der Waals surface area contributed by atoms with E-state index in [2.05, 4.69) is 17.4 Å². The number of hydrogen-bond donors (Lipinski definition) is 2.